The van der Waals surface area contributed by atoms with Crippen molar-refractivity contribution in [2.45, 2.75) is 32.2 Å². The van der Waals surface area contributed by atoms with Crippen LogP contribution >= 0.6 is 0 Å². The van der Waals surface area contributed by atoms with Crippen molar-refractivity contribution < 1.29 is 4.39 Å². The Hall–Kier alpha value is -0.890. The molecule has 0 radical (unpaired) electrons. The zero-order valence-corrected chi connectivity index (χ0v) is 9.17. The monoisotopic (exact) mass is 207 g/mol. The Morgan fingerprint density at radius 2 is 2.27 bits per heavy atom. The Bertz CT molecular complexity index is 320. The summed E-state index contributed by atoms with van der Waals surface area (Å²) in [5.41, 5.74) is 1.10. The van der Waals surface area contributed by atoms with Crippen LogP contribution in [-0.2, 0) is 6.42 Å². The van der Waals surface area contributed by atoms with Crippen molar-refractivity contribution in [2.75, 3.05) is 6.54 Å². The standard InChI is InChI=1S/C13H18FN/c1-10(9-15-13-5-6-13)7-11-3-2-4-12(14)8-11/h2-4,8,10,13,15H,5-7,9H2,1H3. The van der Waals surface area contributed by atoms with Gasteiger partial charge in [0.15, 0.2) is 0 Å². The van der Waals surface area contributed by atoms with E-state index in [2.05, 4.69) is 12.2 Å². The van der Waals surface area contributed by atoms with E-state index in [1.807, 2.05) is 6.07 Å². The maximum absolute atomic E-state index is 12.9. The fraction of sp³-hybridized carbons (Fsp3) is 0.538. The van der Waals surface area contributed by atoms with E-state index in [-0.39, 0.29) is 5.82 Å². The Morgan fingerprint density at radius 1 is 1.47 bits per heavy atom. The second-order valence-corrected chi connectivity index (χ2v) is 4.62. The molecule has 0 bridgehead atoms. The number of benzene rings is 1. The molecule has 82 valence electrons. The maximum Gasteiger partial charge on any atom is 0.123 e. The van der Waals surface area contributed by atoms with Gasteiger partial charge in [-0.3, -0.25) is 0 Å². The maximum atomic E-state index is 12.9. The predicted octanol–water partition coefficient (Wildman–Crippen LogP) is 2.76. The molecule has 1 saturated carbocycles. The van der Waals surface area contributed by atoms with Gasteiger partial charge in [0.25, 0.3) is 0 Å². The number of hydrogen-bond acceptors (Lipinski definition) is 1. The fourth-order valence-electron chi connectivity index (χ4n) is 1.79. The van der Waals surface area contributed by atoms with E-state index in [1.54, 1.807) is 12.1 Å². The number of hydrogen-bond donors (Lipinski definition) is 1. The van der Waals surface area contributed by atoms with Gasteiger partial charge in [-0.2, -0.15) is 0 Å². The normalized spacial score (nSPS) is 17.7. The lowest BCUT2D eigenvalue weighted by Gasteiger charge is -2.12. The van der Waals surface area contributed by atoms with Crippen molar-refractivity contribution in [3.63, 3.8) is 0 Å². The van der Waals surface area contributed by atoms with Gasteiger partial charge in [-0.05, 0) is 49.4 Å². The lowest BCUT2D eigenvalue weighted by molar-refractivity contribution is 0.507. The molecule has 1 N–H and O–H groups in total. The summed E-state index contributed by atoms with van der Waals surface area (Å²) < 4.78 is 12.9. The minimum Gasteiger partial charge on any atom is -0.314 e. The van der Waals surface area contributed by atoms with Crippen molar-refractivity contribution in [1.82, 2.24) is 5.32 Å². The number of halogens is 1. The van der Waals surface area contributed by atoms with Crippen LogP contribution in [0.2, 0.25) is 0 Å². The Balaban J connectivity index is 1.79. The number of nitrogens with one attached hydrogen (secondary N) is 1. The molecule has 1 aliphatic rings. The second-order valence-electron chi connectivity index (χ2n) is 4.62. The smallest absolute Gasteiger partial charge is 0.123 e. The van der Waals surface area contributed by atoms with Crippen molar-refractivity contribution in [2.24, 2.45) is 5.92 Å². The molecule has 2 heteroatoms. The minimum absolute atomic E-state index is 0.130. The summed E-state index contributed by atoms with van der Waals surface area (Å²) in [6, 6.07) is 7.67. The lowest BCUT2D eigenvalue weighted by atomic mass is 10.0. The highest BCUT2D eigenvalue weighted by Gasteiger charge is 2.20. The van der Waals surface area contributed by atoms with Gasteiger partial charge in [-0.1, -0.05) is 19.1 Å². The summed E-state index contributed by atoms with van der Waals surface area (Å²) in [4.78, 5) is 0. The van der Waals surface area contributed by atoms with E-state index >= 15 is 0 Å². The molecular weight excluding hydrogens is 189 g/mol. The molecule has 1 aromatic rings. The van der Waals surface area contributed by atoms with Crippen molar-refractivity contribution >= 4 is 0 Å². The highest BCUT2D eigenvalue weighted by molar-refractivity contribution is 5.16. The van der Waals surface area contributed by atoms with Crippen LogP contribution in [-0.4, -0.2) is 12.6 Å². The van der Waals surface area contributed by atoms with Crippen LogP contribution in [0, 0.1) is 11.7 Å². The molecule has 0 aromatic heterocycles. The SMILES string of the molecule is CC(CNC1CC1)Cc1cccc(F)c1. The van der Waals surface area contributed by atoms with Crippen LogP contribution in [0.3, 0.4) is 0 Å². The van der Waals surface area contributed by atoms with Gasteiger partial charge >= 0.3 is 0 Å². The first-order valence-electron chi connectivity index (χ1n) is 5.72. The average molecular weight is 207 g/mol. The Labute approximate surface area is 90.7 Å². The summed E-state index contributed by atoms with van der Waals surface area (Å²) >= 11 is 0. The molecule has 0 aliphatic heterocycles. The number of rotatable bonds is 5. The zero-order valence-electron chi connectivity index (χ0n) is 9.17. The van der Waals surface area contributed by atoms with Crippen LogP contribution in [0.4, 0.5) is 4.39 Å². The quantitative estimate of drug-likeness (QED) is 0.783. The molecule has 0 spiro atoms. The third kappa shape index (κ3) is 3.63. The lowest BCUT2D eigenvalue weighted by Crippen LogP contribution is -2.24. The van der Waals surface area contributed by atoms with Crippen LogP contribution in [0.5, 0.6) is 0 Å². The van der Waals surface area contributed by atoms with Crippen LogP contribution in [0.25, 0.3) is 0 Å². The van der Waals surface area contributed by atoms with E-state index in [1.165, 1.54) is 18.9 Å². The third-order valence-electron chi connectivity index (χ3n) is 2.81. The first kappa shape index (κ1) is 10.6. The molecule has 0 heterocycles. The summed E-state index contributed by atoms with van der Waals surface area (Å²) in [7, 11) is 0. The summed E-state index contributed by atoms with van der Waals surface area (Å²) in [6.07, 6.45) is 3.61. The topological polar surface area (TPSA) is 12.0 Å². The molecule has 1 fully saturated rings. The molecule has 1 aromatic carbocycles. The zero-order chi connectivity index (χ0) is 10.7. The summed E-state index contributed by atoms with van der Waals surface area (Å²) in [5, 5.41) is 3.50. The highest BCUT2D eigenvalue weighted by atomic mass is 19.1. The molecule has 2 rings (SSSR count). The van der Waals surface area contributed by atoms with Crippen molar-refractivity contribution in [3.05, 3.63) is 35.6 Å². The van der Waals surface area contributed by atoms with Gasteiger partial charge < -0.3 is 5.32 Å². The van der Waals surface area contributed by atoms with Gasteiger partial charge in [0.1, 0.15) is 5.82 Å². The fourth-order valence-corrected chi connectivity index (χ4v) is 1.79. The van der Waals surface area contributed by atoms with Gasteiger partial charge in [-0.25, -0.2) is 4.39 Å². The van der Waals surface area contributed by atoms with Crippen LogP contribution in [0.15, 0.2) is 24.3 Å². The van der Waals surface area contributed by atoms with E-state index in [0.29, 0.717) is 5.92 Å². The van der Waals surface area contributed by atoms with Gasteiger partial charge in [0, 0.05) is 6.04 Å². The molecule has 1 unspecified atom stereocenters. The van der Waals surface area contributed by atoms with Crippen molar-refractivity contribution in [1.29, 1.82) is 0 Å². The molecule has 0 amide bonds. The first-order chi connectivity index (χ1) is 7.24. The Morgan fingerprint density at radius 3 is 2.93 bits per heavy atom. The molecule has 15 heavy (non-hydrogen) atoms. The Kier molecular flexibility index (Phi) is 3.37. The van der Waals surface area contributed by atoms with Gasteiger partial charge in [-0.15, -0.1) is 0 Å². The average Bonchev–Trinajstić information content (AvgIpc) is 2.98. The van der Waals surface area contributed by atoms with E-state index in [9.17, 15) is 4.39 Å². The van der Waals surface area contributed by atoms with E-state index < -0.39 is 0 Å². The third-order valence-corrected chi connectivity index (χ3v) is 2.81. The summed E-state index contributed by atoms with van der Waals surface area (Å²) in [6.45, 7) is 3.25. The summed E-state index contributed by atoms with van der Waals surface area (Å²) in [5.74, 6) is 0.447. The van der Waals surface area contributed by atoms with Gasteiger partial charge in [0.05, 0.1) is 0 Å². The van der Waals surface area contributed by atoms with Crippen LogP contribution in [0.1, 0.15) is 25.3 Å². The largest absolute Gasteiger partial charge is 0.314 e. The molecule has 1 nitrogen and oxygen atoms in total. The first-order valence-corrected chi connectivity index (χ1v) is 5.72. The second kappa shape index (κ2) is 4.75. The highest BCUT2D eigenvalue weighted by Crippen LogP contribution is 2.19. The molecular formula is C13H18FN. The molecule has 1 atom stereocenters. The predicted molar refractivity (Wildman–Crippen MR) is 60.3 cm³/mol. The van der Waals surface area contributed by atoms with E-state index in [4.69, 9.17) is 0 Å². The van der Waals surface area contributed by atoms with E-state index in [0.717, 1.165) is 24.6 Å². The molecule has 0 saturated heterocycles. The minimum atomic E-state index is -0.130. The van der Waals surface area contributed by atoms with Crippen LogP contribution < -0.4 is 5.32 Å². The molecule has 1 aliphatic carbocycles. The van der Waals surface area contributed by atoms with Gasteiger partial charge in [0.2, 0.25) is 0 Å². The van der Waals surface area contributed by atoms with Crippen molar-refractivity contribution in [3.8, 4) is 0 Å².